The first-order chi connectivity index (χ1) is 9.61. The van der Waals surface area contributed by atoms with Gasteiger partial charge in [-0.3, -0.25) is 0 Å². The minimum absolute atomic E-state index is 0.0113. The van der Waals surface area contributed by atoms with Crippen LogP contribution in [0.2, 0.25) is 0 Å². The Morgan fingerprint density at radius 2 is 2.05 bits per heavy atom. The zero-order valence-corrected chi connectivity index (χ0v) is 11.9. The van der Waals surface area contributed by atoms with E-state index < -0.39 is 0 Å². The van der Waals surface area contributed by atoms with Crippen LogP contribution in [0, 0.1) is 5.41 Å². The van der Waals surface area contributed by atoms with Gasteiger partial charge in [-0.15, -0.1) is 0 Å². The smallest absolute Gasteiger partial charge is 0.330 e. The first-order valence-electron chi connectivity index (χ1n) is 6.77. The molecule has 1 aliphatic rings. The molecule has 0 amide bonds. The fraction of sp³-hybridized carbons (Fsp3) is 0.438. The van der Waals surface area contributed by atoms with Crippen molar-refractivity contribution in [2.45, 2.75) is 13.8 Å². The van der Waals surface area contributed by atoms with Crippen molar-refractivity contribution in [3.05, 3.63) is 35.9 Å². The lowest BCUT2D eigenvalue weighted by Gasteiger charge is -2.36. The van der Waals surface area contributed by atoms with E-state index in [1.54, 1.807) is 6.08 Å². The van der Waals surface area contributed by atoms with Crippen molar-refractivity contribution < 1.29 is 19.0 Å². The van der Waals surface area contributed by atoms with Gasteiger partial charge in [-0.25, -0.2) is 4.79 Å². The maximum Gasteiger partial charge on any atom is 0.330 e. The Kier molecular flexibility index (Phi) is 4.79. The number of esters is 1. The Bertz CT molecular complexity index is 472. The number of rotatable bonds is 6. The van der Waals surface area contributed by atoms with Crippen LogP contribution in [-0.4, -0.2) is 32.4 Å². The van der Waals surface area contributed by atoms with Gasteiger partial charge >= 0.3 is 5.97 Å². The van der Waals surface area contributed by atoms with E-state index in [-0.39, 0.29) is 11.4 Å². The van der Waals surface area contributed by atoms with E-state index >= 15 is 0 Å². The highest BCUT2D eigenvalue weighted by molar-refractivity contribution is 5.87. The zero-order valence-electron chi connectivity index (χ0n) is 11.9. The van der Waals surface area contributed by atoms with Crippen LogP contribution in [0.4, 0.5) is 0 Å². The first-order valence-corrected chi connectivity index (χ1v) is 6.77. The molecule has 1 saturated heterocycles. The molecular formula is C16H20O4. The molecule has 0 spiro atoms. The average molecular weight is 276 g/mol. The fourth-order valence-electron chi connectivity index (χ4n) is 1.83. The summed E-state index contributed by atoms with van der Waals surface area (Å²) in [6.45, 7) is 6.34. The van der Waals surface area contributed by atoms with Crippen LogP contribution < -0.4 is 4.74 Å². The van der Waals surface area contributed by atoms with Crippen molar-refractivity contribution in [2.75, 3.05) is 26.4 Å². The van der Waals surface area contributed by atoms with Crippen LogP contribution in [0.15, 0.2) is 30.3 Å². The molecule has 0 atom stereocenters. The number of hydrogen-bond acceptors (Lipinski definition) is 4. The summed E-state index contributed by atoms with van der Waals surface area (Å²) in [5, 5.41) is 0. The fourth-order valence-corrected chi connectivity index (χ4v) is 1.83. The molecule has 2 rings (SSSR count). The largest absolute Gasteiger partial charge is 0.494 e. The normalized spacial score (nSPS) is 16.7. The number of carbonyl (C=O) groups is 1. The summed E-state index contributed by atoms with van der Waals surface area (Å²) in [7, 11) is 0. The van der Waals surface area contributed by atoms with Gasteiger partial charge in [0.05, 0.1) is 19.8 Å². The van der Waals surface area contributed by atoms with E-state index in [1.807, 2.05) is 38.1 Å². The summed E-state index contributed by atoms with van der Waals surface area (Å²) in [4.78, 5) is 11.6. The van der Waals surface area contributed by atoms with Gasteiger partial charge in [-0.05, 0) is 30.7 Å². The number of hydrogen-bond donors (Lipinski definition) is 0. The molecule has 1 heterocycles. The summed E-state index contributed by atoms with van der Waals surface area (Å²) in [6.07, 6.45) is 3.18. The molecule has 20 heavy (non-hydrogen) atoms. The summed E-state index contributed by atoms with van der Waals surface area (Å²) >= 11 is 0. The van der Waals surface area contributed by atoms with Gasteiger partial charge in [0.25, 0.3) is 0 Å². The molecule has 1 aromatic rings. The van der Waals surface area contributed by atoms with E-state index in [4.69, 9.17) is 14.2 Å². The molecule has 4 heteroatoms. The average Bonchev–Trinajstić information content (AvgIpc) is 2.42. The second kappa shape index (κ2) is 6.57. The lowest BCUT2D eigenvalue weighted by molar-refractivity contribution is -0.160. The Morgan fingerprint density at radius 3 is 2.60 bits per heavy atom. The SMILES string of the molecule is CCOc1ccc(/C=C/C(=O)OCC2(C)COC2)cc1. The summed E-state index contributed by atoms with van der Waals surface area (Å²) in [5.41, 5.74) is 0.923. The third kappa shape index (κ3) is 4.10. The molecule has 108 valence electrons. The highest BCUT2D eigenvalue weighted by Crippen LogP contribution is 2.26. The highest BCUT2D eigenvalue weighted by atomic mass is 16.5. The highest BCUT2D eigenvalue weighted by Gasteiger charge is 2.34. The Balaban J connectivity index is 1.80. The second-order valence-corrected chi connectivity index (χ2v) is 5.25. The van der Waals surface area contributed by atoms with E-state index in [0.29, 0.717) is 26.4 Å². The van der Waals surface area contributed by atoms with Gasteiger partial charge in [-0.2, -0.15) is 0 Å². The number of carbonyl (C=O) groups excluding carboxylic acids is 1. The molecule has 0 unspecified atom stereocenters. The molecule has 0 aliphatic carbocycles. The number of benzene rings is 1. The van der Waals surface area contributed by atoms with Crippen LogP contribution in [0.3, 0.4) is 0 Å². The first kappa shape index (κ1) is 14.6. The molecule has 0 bridgehead atoms. The van der Waals surface area contributed by atoms with Crippen molar-refractivity contribution in [1.29, 1.82) is 0 Å². The Morgan fingerprint density at radius 1 is 1.35 bits per heavy atom. The van der Waals surface area contributed by atoms with Gasteiger partial charge < -0.3 is 14.2 Å². The molecule has 0 aromatic heterocycles. The van der Waals surface area contributed by atoms with Crippen LogP contribution in [-0.2, 0) is 14.3 Å². The van der Waals surface area contributed by atoms with Gasteiger partial charge in [0.15, 0.2) is 0 Å². The van der Waals surface area contributed by atoms with Crippen molar-refractivity contribution in [3.63, 3.8) is 0 Å². The lowest BCUT2D eigenvalue weighted by atomic mass is 9.90. The van der Waals surface area contributed by atoms with Crippen LogP contribution in [0.5, 0.6) is 5.75 Å². The van der Waals surface area contributed by atoms with Crippen LogP contribution >= 0.6 is 0 Å². The van der Waals surface area contributed by atoms with Crippen LogP contribution in [0.1, 0.15) is 19.4 Å². The van der Waals surface area contributed by atoms with E-state index in [9.17, 15) is 4.79 Å². The summed E-state index contributed by atoms with van der Waals surface area (Å²) in [5.74, 6) is 0.497. The summed E-state index contributed by atoms with van der Waals surface area (Å²) in [6, 6.07) is 7.55. The van der Waals surface area contributed by atoms with Gasteiger partial charge in [0, 0.05) is 11.5 Å². The van der Waals surface area contributed by atoms with E-state index in [2.05, 4.69) is 0 Å². The molecule has 0 N–H and O–H groups in total. The number of ether oxygens (including phenoxy) is 3. The maximum absolute atomic E-state index is 11.6. The van der Waals surface area contributed by atoms with Gasteiger partial charge in [0.2, 0.25) is 0 Å². The third-order valence-electron chi connectivity index (χ3n) is 3.07. The minimum Gasteiger partial charge on any atom is -0.494 e. The molecule has 1 aliphatic heterocycles. The van der Waals surface area contributed by atoms with E-state index in [0.717, 1.165) is 11.3 Å². The predicted molar refractivity (Wildman–Crippen MR) is 76.5 cm³/mol. The van der Waals surface area contributed by atoms with Crippen molar-refractivity contribution in [3.8, 4) is 5.75 Å². The van der Waals surface area contributed by atoms with Crippen molar-refractivity contribution in [2.24, 2.45) is 5.41 Å². The second-order valence-electron chi connectivity index (χ2n) is 5.25. The quantitative estimate of drug-likeness (QED) is 0.592. The van der Waals surface area contributed by atoms with Gasteiger partial charge in [-0.1, -0.05) is 19.1 Å². The monoisotopic (exact) mass is 276 g/mol. The lowest BCUT2D eigenvalue weighted by Crippen LogP contribution is -2.43. The Labute approximate surface area is 119 Å². The maximum atomic E-state index is 11.6. The Hall–Kier alpha value is -1.81. The molecular weight excluding hydrogens is 256 g/mol. The van der Waals surface area contributed by atoms with Crippen molar-refractivity contribution in [1.82, 2.24) is 0 Å². The standard InChI is InChI=1S/C16H20O4/c1-3-19-14-7-4-13(5-8-14)6-9-15(17)20-12-16(2)10-18-11-16/h4-9H,3,10-12H2,1-2H3/b9-6+. The zero-order chi connectivity index (χ0) is 14.4. The summed E-state index contributed by atoms with van der Waals surface area (Å²) < 4.78 is 15.7. The molecule has 0 saturated carbocycles. The minimum atomic E-state index is -0.327. The molecule has 1 fully saturated rings. The third-order valence-corrected chi connectivity index (χ3v) is 3.07. The van der Waals surface area contributed by atoms with Crippen molar-refractivity contribution >= 4 is 12.0 Å². The molecule has 1 aromatic carbocycles. The van der Waals surface area contributed by atoms with E-state index in [1.165, 1.54) is 6.08 Å². The van der Waals surface area contributed by atoms with Gasteiger partial charge in [0.1, 0.15) is 12.4 Å². The topological polar surface area (TPSA) is 44.8 Å². The van der Waals surface area contributed by atoms with Crippen LogP contribution in [0.25, 0.3) is 6.08 Å². The molecule has 4 nitrogen and oxygen atoms in total. The molecule has 0 radical (unpaired) electrons. The predicted octanol–water partition coefficient (Wildman–Crippen LogP) is 2.68.